The van der Waals surface area contributed by atoms with E-state index in [1.54, 1.807) is 12.1 Å². The summed E-state index contributed by atoms with van der Waals surface area (Å²) < 4.78 is 5.67. The van der Waals surface area contributed by atoms with E-state index in [4.69, 9.17) is 4.74 Å². The van der Waals surface area contributed by atoms with Crippen LogP contribution in [0.15, 0.2) is 72.1 Å². The molecule has 2 heterocycles. The van der Waals surface area contributed by atoms with Crippen molar-refractivity contribution < 1.29 is 19.1 Å². The van der Waals surface area contributed by atoms with Crippen molar-refractivity contribution in [3.63, 3.8) is 0 Å². The number of amides is 3. The molecule has 2 N–H and O–H groups in total. The van der Waals surface area contributed by atoms with Crippen LogP contribution in [-0.4, -0.2) is 43.5 Å². The molecule has 0 saturated carbocycles. The summed E-state index contributed by atoms with van der Waals surface area (Å²) in [7, 11) is 0. The van der Waals surface area contributed by atoms with Crippen LogP contribution in [0.25, 0.3) is 0 Å². The Balaban J connectivity index is 1.63. The van der Waals surface area contributed by atoms with Gasteiger partial charge in [-0.15, -0.1) is 11.3 Å². The van der Waals surface area contributed by atoms with Gasteiger partial charge in [-0.2, -0.15) is 0 Å². The average molecular weight is 506 g/mol. The Morgan fingerprint density at radius 2 is 1.81 bits per heavy atom. The van der Waals surface area contributed by atoms with Gasteiger partial charge in [-0.1, -0.05) is 55.5 Å². The molecule has 4 rings (SSSR count). The van der Waals surface area contributed by atoms with Crippen LogP contribution in [0.3, 0.4) is 0 Å². The number of nitrogens with one attached hydrogen (secondary N) is 2. The first-order valence-corrected chi connectivity index (χ1v) is 13.1. The Morgan fingerprint density at radius 3 is 2.44 bits per heavy atom. The molecule has 188 valence electrons. The van der Waals surface area contributed by atoms with E-state index in [1.165, 1.54) is 16.2 Å². The fraction of sp³-hybridized carbons (Fsp3) is 0.321. The van der Waals surface area contributed by atoms with E-state index in [0.717, 1.165) is 24.8 Å². The maximum atomic E-state index is 13.7. The molecular formula is C28H31N3O4S. The fourth-order valence-electron chi connectivity index (χ4n) is 4.23. The van der Waals surface area contributed by atoms with Crippen molar-refractivity contribution in [2.75, 3.05) is 24.6 Å². The van der Waals surface area contributed by atoms with Gasteiger partial charge in [0.2, 0.25) is 11.8 Å². The minimum Gasteiger partial charge on any atom is -0.376 e. The van der Waals surface area contributed by atoms with Crippen LogP contribution in [0, 0.1) is 0 Å². The molecule has 1 aliphatic heterocycles. The van der Waals surface area contributed by atoms with Crippen molar-refractivity contribution in [1.82, 2.24) is 10.6 Å². The van der Waals surface area contributed by atoms with Crippen LogP contribution in [0.2, 0.25) is 0 Å². The molecule has 3 amide bonds. The lowest BCUT2D eigenvalue weighted by Gasteiger charge is -2.32. The Hall–Kier alpha value is -3.49. The van der Waals surface area contributed by atoms with Crippen molar-refractivity contribution in [1.29, 1.82) is 0 Å². The van der Waals surface area contributed by atoms with Gasteiger partial charge in [-0.25, -0.2) is 0 Å². The van der Waals surface area contributed by atoms with E-state index in [9.17, 15) is 14.4 Å². The van der Waals surface area contributed by atoms with Crippen molar-refractivity contribution in [2.45, 2.75) is 38.3 Å². The highest BCUT2D eigenvalue weighted by atomic mass is 32.1. The topological polar surface area (TPSA) is 87.7 Å². The average Bonchev–Trinajstić information content (AvgIpc) is 3.64. The monoisotopic (exact) mass is 505 g/mol. The summed E-state index contributed by atoms with van der Waals surface area (Å²) in [4.78, 5) is 41.8. The zero-order chi connectivity index (χ0) is 25.3. The third-order valence-electron chi connectivity index (χ3n) is 6.19. The molecule has 2 atom stereocenters. The lowest BCUT2D eigenvalue weighted by molar-refractivity contribution is -0.126. The van der Waals surface area contributed by atoms with Crippen LogP contribution < -0.4 is 15.5 Å². The SMILES string of the molecule is CCc1ccc(N(C(=O)CNC(=O)c2cccs2)[C@H](C(=O)NC[C@H]2CCCO2)c2ccccc2)cc1. The molecule has 1 aliphatic rings. The minimum atomic E-state index is -0.911. The highest BCUT2D eigenvalue weighted by Gasteiger charge is 2.33. The van der Waals surface area contributed by atoms with E-state index in [2.05, 4.69) is 17.6 Å². The molecule has 36 heavy (non-hydrogen) atoms. The number of benzene rings is 2. The third kappa shape index (κ3) is 6.38. The van der Waals surface area contributed by atoms with Gasteiger partial charge in [0.25, 0.3) is 5.91 Å². The van der Waals surface area contributed by atoms with Crippen LogP contribution in [0.1, 0.15) is 46.6 Å². The first-order valence-electron chi connectivity index (χ1n) is 12.2. The van der Waals surface area contributed by atoms with Gasteiger partial charge in [0, 0.05) is 18.8 Å². The summed E-state index contributed by atoms with van der Waals surface area (Å²) in [5, 5.41) is 7.51. The van der Waals surface area contributed by atoms with Gasteiger partial charge in [-0.3, -0.25) is 19.3 Å². The van der Waals surface area contributed by atoms with Gasteiger partial charge < -0.3 is 15.4 Å². The van der Waals surface area contributed by atoms with E-state index in [-0.39, 0.29) is 30.4 Å². The second kappa shape index (κ2) is 12.5. The largest absolute Gasteiger partial charge is 0.376 e. The molecule has 1 fully saturated rings. The predicted molar refractivity (Wildman–Crippen MR) is 141 cm³/mol. The van der Waals surface area contributed by atoms with Gasteiger partial charge in [-0.05, 0) is 54.0 Å². The molecular weight excluding hydrogens is 474 g/mol. The van der Waals surface area contributed by atoms with E-state index >= 15 is 0 Å². The molecule has 1 saturated heterocycles. The Labute approximate surface area is 215 Å². The zero-order valence-corrected chi connectivity index (χ0v) is 21.1. The van der Waals surface area contributed by atoms with Crippen LogP contribution in [0.4, 0.5) is 5.69 Å². The van der Waals surface area contributed by atoms with Crippen molar-refractivity contribution >= 4 is 34.7 Å². The normalized spacial score (nSPS) is 15.8. The van der Waals surface area contributed by atoms with Gasteiger partial charge in [0.05, 0.1) is 17.5 Å². The highest BCUT2D eigenvalue weighted by molar-refractivity contribution is 7.12. The van der Waals surface area contributed by atoms with E-state index < -0.39 is 6.04 Å². The lowest BCUT2D eigenvalue weighted by atomic mass is 10.0. The summed E-state index contributed by atoms with van der Waals surface area (Å²) in [6, 6.07) is 19.4. The number of nitrogens with zero attached hydrogens (tertiary/aromatic N) is 1. The number of ether oxygens (including phenoxy) is 1. The predicted octanol–water partition coefficient (Wildman–Crippen LogP) is 4.11. The molecule has 2 aromatic carbocycles. The number of hydrogen-bond donors (Lipinski definition) is 2. The second-order valence-electron chi connectivity index (χ2n) is 8.64. The molecule has 0 unspecified atom stereocenters. The number of anilines is 1. The molecule has 3 aromatic rings. The lowest BCUT2D eigenvalue weighted by Crippen LogP contribution is -2.48. The summed E-state index contributed by atoms with van der Waals surface area (Å²) in [6.07, 6.45) is 2.70. The van der Waals surface area contributed by atoms with E-state index in [1.807, 2.05) is 60.0 Å². The molecule has 0 bridgehead atoms. The van der Waals surface area contributed by atoms with Crippen LogP contribution >= 0.6 is 11.3 Å². The summed E-state index contributed by atoms with van der Waals surface area (Å²) in [5.41, 5.74) is 2.39. The van der Waals surface area contributed by atoms with Crippen LogP contribution in [-0.2, 0) is 20.7 Å². The minimum absolute atomic E-state index is 0.0246. The number of carbonyl (C=O) groups is 3. The van der Waals surface area contributed by atoms with Gasteiger partial charge in [0.15, 0.2) is 0 Å². The standard InChI is InChI=1S/C28H31N3O4S/c1-2-20-12-14-22(15-13-20)31(25(32)19-30-27(33)24-11-7-17-36-24)26(21-8-4-3-5-9-21)28(34)29-18-23-10-6-16-35-23/h3-5,7-9,11-15,17,23,26H,2,6,10,16,18-19H2,1H3,(H,29,34)(H,30,33)/t23-,26+/m1/s1. The van der Waals surface area contributed by atoms with Gasteiger partial charge in [0.1, 0.15) is 6.04 Å². The molecule has 0 aliphatic carbocycles. The molecule has 0 spiro atoms. The smallest absolute Gasteiger partial charge is 0.261 e. The van der Waals surface area contributed by atoms with E-state index in [0.29, 0.717) is 29.3 Å². The molecule has 8 heteroatoms. The summed E-state index contributed by atoms with van der Waals surface area (Å²) in [5.74, 6) is -1.00. The van der Waals surface area contributed by atoms with Crippen molar-refractivity contribution in [3.05, 3.63) is 88.1 Å². The Morgan fingerprint density at radius 1 is 1.03 bits per heavy atom. The zero-order valence-electron chi connectivity index (χ0n) is 20.3. The van der Waals surface area contributed by atoms with Crippen molar-refractivity contribution in [2.24, 2.45) is 0 Å². The maximum Gasteiger partial charge on any atom is 0.261 e. The quantitative estimate of drug-likeness (QED) is 0.434. The summed E-state index contributed by atoms with van der Waals surface area (Å²) in [6.45, 7) is 2.90. The second-order valence-corrected chi connectivity index (χ2v) is 9.58. The van der Waals surface area contributed by atoms with Crippen molar-refractivity contribution in [3.8, 4) is 0 Å². The van der Waals surface area contributed by atoms with Gasteiger partial charge >= 0.3 is 0 Å². The number of aryl methyl sites for hydroxylation is 1. The third-order valence-corrected chi connectivity index (χ3v) is 7.06. The number of rotatable bonds is 10. The number of hydrogen-bond acceptors (Lipinski definition) is 5. The number of thiophene rings is 1. The molecule has 1 aromatic heterocycles. The highest BCUT2D eigenvalue weighted by Crippen LogP contribution is 2.29. The first-order chi connectivity index (χ1) is 17.6. The van der Waals surface area contributed by atoms with Crippen LogP contribution in [0.5, 0.6) is 0 Å². The fourth-order valence-corrected chi connectivity index (χ4v) is 4.87. The first kappa shape index (κ1) is 25.6. The number of carbonyl (C=O) groups excluding carboxylic acids is 3. The molecule has 7 nitrogen and oxygen atoms in total. The molecule has 0 radical (unpaired) electrons. The Kier molecular flexibility index (Phi) is 8.86. The Bertz CT molecular complexity index is 1140. The maximum absolute atomic E-state index is 13.7. The summed E-state index contributed by atoms with van der Waals surface area (Å²) >= 11 is 1.31.